The quantitative estimate of drug-likeness (QED) is 0.648. The van der Waals surface area contributed by atoms with Gasteiger partial charge in [0.05, 0.1) is 26.4 Å². The molecule has 0 saturated carbocycles. The Labute approximate surface area is 175 Å². The lowest BCUT2D eigenvalue weighted by molar-refractivity contribution is 0.0162. The second-order valence-electron chi connectivity index (χ2n) is 7.09. The van der Waals surface area contributed by atoms with E-state index in [9.17, 15) is 4.79 Å². The first-order valence-corrected chi connectivity index (χ1v) is 10.0. The predicted molar refractivity (Wildman–Crippen MR) is 112 cm³/mol. The number of nitrogens with one attached hydrogen (secondary N) is 1. The lowest BCUT2D eigenvalue weighted by Crippen LogP contribution is -2.43. The van der Waals surface area contributed by atoms with Crippen LogP contribution in [0.5, 0.6) is 5.75 Å². The summed E-state index contributed by atoms with van der Waals surface area (Å²) >= 11 is 0. The summed E-state index contributed by atoms with van der Waals surface area (Å²) in [7, 11) is 1.62. The maximum Gasteiger partial charge on any atom is 0.273 e. The Morgan fingerprint density at radius 3 is 2.57 bits per heavy atom. The van der Waals surface area contributed by atoms with Crippen molar-refractivity contribution in [3.63, 3.8) is 0 Å². The van der Waals surface area contributed by atoms with Crippen LogP contribution in [0.3, 0.4) is 0 Å². The van der Waals surface area contributed by atoms with Crippen molar-refractivity contribution in [1.29, 1.82) is 0 Å². The van der Waals surface area contributed by atoms with E-state index >= 15 is 0 Å². The SMILES string of the molecule is COc1ccc(-c2cc(C(=O)NC[C@H](c3ccccc3)N3CCOCC3)no2)cc1. The van der Waals surface area contributed by atoms with E-state index in [1.807, 2.05) is 42.5 Å². The maximum absolute atomic E-state index is 12.7. The first kappa shape index (κ1) is 20.1. The third-order valence-electron chi connectivity index (χ3n) is 5.24. The number of benzene rings is 2. The number of carbonyl (C=O) groups is 1. The Kier molecular flexibility index (Phi) is 6.41. The largest absolute Gasteiger partial charge is 0.497 e. The molecule has 156 valence electrons. The van der Waals surface area contributed by atoms with Crippen LogP contribution in [0.2, 0.25) is 0 Å². The fourth-order valence-corrected chi connectivity index (χ4v) is 3.58. The highest BCUT2D eigenvalue weighted by molar-refractivity contribution is 5.93. The zero-order valence-electron chi connectivity index (χ0n) is 16.9. The van der Waals surface area contributed by atoms with Gasteiger partial charge in [0.15, 0.2) is 11.5 Å². The van der Waals surface area contributed by atoms with Gasteiger partial charge in [0.1, 0.15) is 5.75 Å². The van der Waals surface area contributed by atoms with Gasteiger partial charge in [-0.15, -0.1) is 0 Å². The number of hydrogen-bond donors (Lipinski definition) is 1. The van der Waals surface area contributed by atoms with Gasteiger partial charge in [0.25, 0.3) is 5.91 Å². The van der Waals surface area contributed by atoms with Gasteiger partial charge in [-0.1, -0.05) is 35.5 Å². The third-order valence-corrected chi connectivity index (χ3v) is 5.24. The van der Waals surface area contributed by atoms with Crippen LogP contribution in [0.1, 0.15) is 22.1 Å². The second kappa shape index (κ2) is 9.56. The van der Waals surface area contributed by atoms with E-state index in [1.165, 1.54) is 5.56 Å². The van der Waals surface area contributed by atoms with E-state index in [1.54, 1.807) is 13.2 Å². The smallest absolute Gasteiger partial charge is 0.273 e. The standard InChI is InChI=1S/C23H25N3O4/c1-28-19-9-7-18(8-10-19)22-15-20(25-30-22)23(27)24-16-21(17-5-3-2-4-6-17)26-11-13-29-14-12-26/h2-10,15,21H,11-14,16H2,1H3,(H,24,27)/t21-/m1/s1. The molecule has 2 heterocycles. The lowest BCUT2D eigenvalue weighted by atomic mass is 10.0. The van der Waals surface area contributed by atoms with Crippen molar-refractivity contribution in [3.05, 3.63) is 71.9 Å². The van der Waals surface area contributed by atoms with Crippen LogP contribution in [0.15, 0.2) is 65.2 Å². The van der Waals surface area contributed by atoms with E-state index < -0.39 is 0 Å². The molecule has 3 aromatic rings. The molecule has 1 saturated heterocycles. The van der Waals surface area contributed by atoms with Crippen LogP contribution >= 0.6 is 0 Å². The number of methoxy groups -OCH3 is 1. The summed E-state index contributed by atoms with van der Waals surface area (Å²) in [5.74, 6) is 1.04. The number of ether oxygens (including phenoxy) is 2. The molecule has 1 fully saturated rings. The molecular formula is C23H25N3O4. The minimum Gasteiger partial charge on any atom is -0.497 e. The lowest BCUT2D eigenvalue weighted by Gasteiger charge is -2.34. The summed E-state index contributed by atoms with van der Waals surface area (Å²) in [6.07, 6.45) is 0. The van der Waals surface area contributed by atoms with Crippen molar-refractivity contribution in [3.8, 4) is 17.1 Å². The maximum atomic E-state index is 12.7. The molecule has 1 N–H and O–H groups in total. The van der Waals surface area contributed by atoms with Gasteiger partial charge < -0.3 is 19.3 Å². The number of amides is 1. The minimum atomic E-state index is -0.257. The zero-order valence-corrected chi connectivity index (χ0v) is 16.9. The van der Waals surface area contributed by atoms with Crippen molar-refractivity contribution < 1.29 is 18.8 Å². The second-order valence-corrected chi connectivity index (χ2v) is 7.09. The summed E-state index contributed by atoms with van der Waals surface area (Å²) in [6.45, 7) is 3.55. The Balaban J connectivity index is 1.43. The Bertz CT molecular complexity index is 950. The zero-order chi connectivity index (χ0) is 20.8. The average molecular weight is 407 g/mol. The molecule has 30 heavy (non-hydrogen) atoms. The van der Waals surface area contributed by atoms with Gasteiger partial charge in [-0.3, -0.25) is 9.69 Å². The molecule has 2 aromatic carbocycles. The number of carbonyl (C=O) groups excluding carboxylic acids is 1. The van der Waals surface area contributed by atoms with Crippen LogP contribution in [-0.4, -0.2) is 55.9 Å². The Morgan fingerprint density at radius 2 is 1.87 bits per heavy atom. The summed E-state index contributed by atoms with van der Waals surface area (Å²) in [6, 6.07) is 19.3. The van der Waals surface area contributed by atoms with Crippen LogP contribution in [-0.2, 0) is 4.74 Å². The molecule has 7 heteroatoms. The molecule has 1 aromatic heterocycles. The van der Waals surface area contributed by atoms with Crippen LogP contribution in [0.25, 0.3) is 11.3 Å². The van der Waals surface area contributed by atoms with E-state index in [4.69, 9.17) is 14.0 Å². The van der Waals surface area contributed by atoms with Gasteiger partial charge in [-0.2, -0.15) is 0 Å². The molecule has 1 aliphatic heterocycles. The fraction of sp³-hybridized carbons (Fsp3) is 0.304. The van der Waals surface area contributed by atoms with Crippen molar-refractivity contribution in [2.45, 2.75) is 6.04 Å². The normalized spacial score (nSPS) is 15.5. The van der Waals surface area contributed by atoms with Crippen LogP contribution in [0.4, 0.5) is 0 Å². The molecule has 1 atom stereocenters. The highest BCUT2D eigenvalue weighted by Gasteiger charge is 2.24. The number of morpholine rings is 1. The van der Waals surface area contributed by atoms with Crippen molar-refractivity contribution in [2.24, 2.45) is 0 Å². The van der Waals surface area contributed by atoms with Gasteiger partial charge in [0, 0.05) is 31.3 Å². The van der Waals surface area contributed by atoms with Crippen molar-refractivity contribution in [2.75, 3.05) is 40.0 Å². The molecule has 7 nitrogen and oxygen atoms in total. The average Bonchev–Trinajstić information content (AvgIpc) is 3.31. The summed E-state index contributed by atoms with van der Waals surface area (Å²) in [4.78, 5) is 15.0. The first-order chi connectivity index (χ1) is 14.7. The van der Waals surface area contributed by atoms with Gasteiger partial charge in [-0.25, -0.2) is 0 Å². The van der Waals surface area contributed by atoms with Crippen molar-refractivity contribution in [1.82, 2.24) is 15.4 Å². The molecule has 0 bridgehead atoms. The summed E-state index contributed by atoms with van der Waals surface area (Å²) in [5.41, 5.74) is 2.26. The van der Waals surface area contributed by atoms with Gasteiger partial charge in [-0.05, 0) is 29.8 Å². The highest BCUT2D eigenvalue weighted by atomic mass is 16.5. The van der Waals surface area contributed by atoms with E-state index in [-0.39, 0.29) is 17.6 Å². The van der Waals surface area contributed by atoms with E-state index in [0.29, 0.717) is 25.5 Å². The molecule has 0 spiro atoms. The molecule has 1 aliphatic rings. The van der Waals surface area contributed by atoms with Crippen LogP contribution < -0.4 is 10.1 Å². The number of nitrogens with zero attached hydrogens (tertiary/aromatic N) is 2. The highest BCUT2D eigenvalue weighted by Crippen LogP contribution is 2.24. The fourth-order valence-electron chi connectivity index (χ4n) is 3.58. The van der Waals surface area contributed by atoms with Crippen molar-refractivity contribution >= 4 is 5.91 Å². The molecule has 1 amide bonds. The van der Waals surface area contributed by atoms with Gasteiger partial charge >= 0.3 is 0 Å². The summed E-state index contributed by atoms with van der Waals surface area (Å²) in [5, 5.41) is 6.96. The number of hydrogen-bond acceptors (Lipinski definition) is 6. The molecule has 0 aliphatic carbocycles. The van der Waals surface area contributed by atoms with E-state index in [2.05, 4.69) is 27.5 Å². The van der Waals surface area contributed by atoms with Gasteiger partial charge in [0.2, 0.25) is 0 Å². The number of rotatable bonds is 7. The van der Waals surface area contributed by atoms with E-state index in [0.717, 1.165) is 24.4 Å². The predicted octanol–water partition coefficient (Wildman–Crippen LogP) is 3.15. The first-order valence-electron chi connectivity index (χ1n) is 10.0. The third kappa shape index (κ3) is 4.69. The minimum absolute atomic E-state index is 0.0759. The monoisotopic (exact) mass is 407 g/mol. The molecule has 4 rings (SSSR count). The number of aromatic nitrogens is 1. The molecule has 0 unspecified atom stereocenters. The Morgan fingerprint density at radius 1 is 1.13 bits per heavy atom. The molecular weight excluding hydrogens is 382 g/mol. The molecule has 0 radical (unpaired) electrons. The van der Waals surface area contributed by atoms with Crippen LogP contribution in [0, 0.1) is 0 Å². The topological polar surface area (TPSA) is 76.8 Å². The Hall–Kier alpha value is -3.16. The summed E-state index contributed by atoms with van der Waals surface area (Å²) < 4.78 is 16.0.